The summed E-state index contributed by atoms with van der Waals surface area (Å²) in [5.74, 6) is -0.0486. The highest BCUT2D eigenvalue weighted by molar-refractivity contribution is 5.76. The Labute approximate surface area is 292 Å². The predicted octanol–water partition coefficient (Wildman–Crippen LogP) is 11.3. The molecule has 3 N–H and O–H groups in total. The lowest BCUT2D eigenvalue weighted by Gasteiger charge is -2.35. The van der Waals surface area contributed by atoms with Gasteiger partial charge < -0.3 is 5.11 Å². The van der Waals surface area contributed by atoms with Crippen LogP contribution in [-0.2, 0) is 9.59 Å². The van der Waals surface area contributed by atoms with Gasteiger partial charge in [-0.15, -0.1) is 4.70 Å². The van der Waals surface area contributed by atoms with E-state index in [9.17, 15) is 14.7 Å². The van der Waals surface area contributed by atoms with E-state index in [0.717, 1.165) is 51.4 Å². The Morgan fingerprint density at radius 2 is 0.787 bits per heavy atom. The minimum Gasteiger partial charge on any atom is -0.396 e. The number of nitrogens with one attached hydrogen (secondary N) is 2. The van der Waals surface area contributed by atoms with Gasteiger partial charge in [-0.25, -0.2) is 0 Å². The Morgan fingerprint density at radius 1 is 0.468 bits per heavy atom. The number of carbonyl (C=O) groups is 2. The van der Waals surface area contributed by atoms with Crippen molar-refractivity contribution in [2.75, 3.05) is 19.7 Å². The number of hydrogen-bond acceptors (Lipinski definition) is 3. The maximum atomic E-state index is 12.8. The lowest BCUT2D eigenvalue weighted by molar-refractivity contribution is -0.992. The van der Waals surface area contributed by atoms with Crippen LogP contribution in [0.4, 0.5) is 0 Å². The first-order valence-electron chi connectivity index (χ1n) is 20.4. The molecular weight excluding hydrogens is 582 g/mol. The monoisotopic (exact) mass is 663 g/mol. The molecule has 0 spiro atoms. The van der Waals surface area contributed by atoms with Crippen LogP contribution in [0.1, 0.15) is 207 Å². The number of quaternary nitrogens is 1. The van der Waals surface area contributed by atoms with Crippen molar-refractivity contribution in [2.45, 2.75) is 207 Å². The Kier molecular flexibility index (Phi) is 34.4. The van der Waals surface area contributed by atoms with Crippen LogP contribution in [0.3, 0.4) is 0 Å². The quantitative estimate of drug-likeness (QED) is 0.0270. The summed E-state index contributed by atoms with van der Waals surface area (Å²) in [5.41, 5.74) is 6.18. The number of aliphatic hydroxyl groups excluding tert-OH is 1. The van der Waals surface area contributed by atoms with Crippen molar-refractivity contribution in [2.24, 2.45) is 0 Å². The zero-order valence-electron chi connectivity index (χ0n) is 31.6. The van der Waals surface area contributed by atoms with Crippen molar-refractivity contribution in [1.82, 2.24) is 10.9 Å². The van der Waals surface area contributed by atoms with Gasteiger partial charge in [-0.3, -0.25) is 9.59 Å². The molecule has 0 fully saturated rings. The third-order valence-electron chi connectivity index (χ3n) is 9.25. The summed E-state index contributed by atoms with van der Waals surface area (Å²) in [6.45, 7) is 7.58. The number of aliphatic hydroxyl groups is 1. The van der Waals surface area contributed by atoms with E-state index in [-0.39, 0.29) is 23.1 Å². The summed E-state index contributed by atoms with van der Waals surface area (Å²) in [6.07, 6.45) is 42.9. The zero-order chi connectivity index (χ0) is 34.5. The van der Waals surface area contributed by atoms with E-state index in [4.69, 9.17) is 0 Å². The molecule has 0 aliphatic rings. The normalized spacial score (nSPS) is 13.0. The summed E-state index contributed by atoms with van der Waals surface area (Å²) < 4.78 is 0.0222. The summed E-state index contributed by atoms with van der Waals surface area (Å²) in [5, 5.41) is 9.45. The van der Waals surface area contributed by atoms with Gasteiger partial charge in [-0.1, -0.05) is 141 Å². The van der Waals surface area contributed by atoms with E-state index in [1.165, 1.54) is 116 Å². The van der Waals surface area contributed by atoms with E-state index in [1.807, 2.05) is 6.92 Å². The van der Waals surface area contributed by atoms with Crippen LogP contribution in [0.15, 0.2) is 24.3 Å². The van der Waals surface area contributed by atoms with E-state index in [1.54, 1.807) is 0 Å². The van der Waals surface area contributed by atoms with Crippen molar-refractivity contribution >= 4 is 11.8 Å². The van der Waals surface area contributed by atoms with Crippen LogP contribution in [0.2, 0.25) is 0 Å². The molecule has 2 amide bonds. The van der Waals surface area contributed by atoms with E-state index in [2.05, 4.69) is 49.0 Å². The van der Waals surface area contributed by atoms with Gasteiger partial charge in [0, 0.05) is 25.9 Å². The highest BCUT2D eigenvalue weighted by atomic mass is 16.3. The molecule has 6 nitrogen and oxygen atoms in total. The second-order valence-corrected chi connectivity index (χ2v) is 13.8. The molecule has 0 aromatic carbocycles. The molecule has 0 aromatic heterocycles. The maximum absolute atomic E-state index is 12.8. The van der Waals surface area contributed by atoms with Gasteiger partial charge in [0.25, 0.3) is 11.8 Å². The second kappa shape index (κ2) is 35.6. The topological polar surface area (TPSA) is 78.4 Å². The Hall–Kier alpha value is -1.66. The minimum absolute atomic E-state index is 0.0222. The minimum atomic E-state index is -0.0243. The number of carbonyl (C=O) groups excluding carboxylic acids is 2. The van der Waals surface area contributed by atoms with E-state index >= 15 is 0 Å². The third-order valence-corrected chi connectivity index (χ3v) is 9.25. The van der Waals surface area contributed by atoms with Crippen LogP contribution < -0.4 is 10.9 Å². The molecule has 276 valence electrons. The molecule has 0 bridgehead atoms. The van der Waals surface area contributed by atoms with Crippen molar-refractivity contribution < 1.29 is 19.4 Å². The highest BCUT2D eigenvalue weighted by Gasteiger charge is 2.30. The molecule has 6 heteroatoms. The molecule has 0 saturated heterocycles. The fraction of sp³-hybridized carbons (Fsp3) is 0.854. The summed E-state index contributed by atoms with van der Waals surface area (Å²) in [6, 6.07) is 0. The molecule has 0 saturated carbocycles. The van der Waals surface area contributed by atoms with Gasteiger partial charge >= 0.3 is 0 Å². The molecule has 0 radical (unpaired) electrons. The Morgan fingerprint density at radius 3 is 1.11 bits per heavy atom. The molecule has 0 aliphatic heterocycles. The number of hydrogen-bond donors (Lipinski definition) is 3. The number of unbranched alkanes of at least 4 members (excludes halogenated alkanes) is 22. The number of amides is 2. The second-order valence-electron chi connectivity index (χ2n) is 13.8. The van der Waals surface area contributed by atoms with Crippen molar-refractivity contribution in [3.63, 3.8) is 0 Å². The van der Waals surface area contributed by atoms with E-state index < -0.39 is 0 Å². The summed E-state index contributed by atoms with van der Waals surface area (Å²) in [7, 11) is 0. The first-order chi connectivity index (χ1) is 23.0. The van der Waals surface area contributed by atoms with Crippen LogP contribution in [-0.4, -0.2) is 41.3 Å². The van der Waals surface area contributed by atoms with Crippen molar-refractivity contribution in [1.29, 1.82) is 0 Å². The molecule has 47 heavy (non-hydrogen) atoms. The van der Waals surface area contributed by atoms with Crippen LogP contribution >= 0.6 is 0 Å². The van der Waals surface area contributed by atoms with Crippen LogP contribution in [0.5, 0.6) is 0 Å². The standard InChI is InChI=1S/C41H79N3O3/c1-4-7-9-11-13-15-17-19-21-23-25-27-29-31-33-36-40(46)42-44(6-3,38-35-39-45)43-41(47)37-34-32-30-28-26-24-22-20-18-16-14-12-10-8-5-2/h19-22,45H,4-18,23-39H2,1-3H3,(H-,42,43,46,47)/p+1. The van der Waals surface area contributed by atoms with Gasteiger partial charge in [0.1, 0.15) is 13.1 Å². The Balaban J connectivity index is 4.06. The molecule has 0 rings (SSSR count). The van der Waals surface area contributed by atoms with Gasteiger partial charge in [-0.05, 0) is 71.1 Å². The van der Waals surface area contributed by atoms with Gasteiger partial charge in [0.2, 0.25) is 0 Å². The largest absolute Gasteiger partial charge is 0.396 e. The molecule has 0 aliphatic carbocycles. The average Bonchev–Trinajstić information content (AvgIpc) is 3.07. The van der Waals surface area contributed by atoms with Crippen LogP contribution in [0, 0.1) is 0 Å². The molecule has 0 heterocycles. The first-order valence-corrected chi connectivity index (χ1v) is 20.4. The number of rotatable bonds is 36. The van der Waals surface area contributed by atoms with Crippen molar-refractivity contribution in [3.05, 3.63) is 24.3 Å². The van der Waals surface area contributed by atoms with E-state index in [0.29, 0.717) is 32.4 Å². The van der Waals surface area contributed by atoms with Crippen LogP contribution in [0.25, 0.3) is 0 Å². The number of nitrogens with zero attached hydrogens (tertiary/aromatic N) is 1. The summed E-state index contributed by atoms with van der Waals surface area (Å²) in [4.78, 5) is 25.7. The zero-order valence-corrected chi connectivity index (χ0v) is 31.6. The molecule has 0 unspecified atom stereocenters. The molecular formula is C41H80N3O3+. The summed E-state index contributed by atoms with van der Waals surface area (Å²) >= 11 is 0. The smallest absolute Gasteiger partial charge is 0.267 e. The Bertz CT molecular complexity index is 698. The van der Waals surface area contributed by atoms with Gasteiger partial charge in [0.05, 0.1) is 0 Å². The van der Waals surface area contributed by atoms with Gasteiger partial charge in [-0.2, -0.15) is 10.9 Å². The maximum Gasteiger partial charge on any atom is 0.267 e. The first kappa shape index (κ1) is 45.3. The third kappa shape index (κ3) is 31.4. The lowest BCUT2D eigenvalue weighted by Crippen LogP contribution is -2.69. The van der Waals surface area contributed by atoms with Gasteiger partial charge in [0.15, 0.2) is 0 Å². The predicted molar refractivity (Wildman–Crippen MR) is 203 cm³/mol. The fourth-order valence-electron chi connectivity index (χ4n) is 6.10. The highest BCUT2D eigenvalue weighted by Crippen LogP contribution is 2.13. The SMILES string of the molecule is CCCCCCCCC=CCCCCCCCC(=O)N[N+](CC)(CCCO)NC(=O)CCCCCCCC=CCCCCCCCC. The molecule has 0 aromatic rings. The fourth-order valence-corrected chi connectivity index (χ4v) is 6.10. The lowest BCUT2D eigenvalue weighted by atomic mass is 10.1. The number of allylic oxidation sites excluding steroid dienone is 4. The van der Waals surface area contributed by atoms with Crippen molar-refractivity contribution in [3.8, 4) is 0 Å². The molecule has 0 atom stereocenters. The average molecular weight is 663 g/mol.